The summed E-state index contributed by atoms with van der Waals surface area (Å²) in [7, 11) is 1.42. The summed E-state index contributed by atoms with van der Waals surface area (Å²) in [6.45, 7) is 0.0740. The largest absolute Gasteiger partial charge is 0.380 e. The van der Waals surface area contributed by atoms with Gasteiger partial charge < -0.3 is 4.74 Å². The summed E-state index contributed by atoms with van der Waals surface area (Å²) in [6, 6.07) is 4.17. The zero-order chi connectivity index (χ0) is 10.6. The molecule has 1 rings (SSSR count). The Hall–Kier alpha value is -1.47. The molecule has 0 aliphatic heterocycles. The van der Waals surface area contributed by atoms with Crippen molar-refractivity contribution in [1.29, 1.82) is 5.26 Å². The van der Waals surface area contributed by atoms with Crippen LogP contribution in [0.5, 0.6) is 0 Å². The first-order chi connectivity index (χ1) is 6.70. The Morgan fingerprint density at radius 2 is 2.14 bits per heavy atom. The molecule has 0 spiro atoms. The SMILES string of the molecule is COCc1ccc(F)c(CC#N)c1F. The molecule has 0 fully saturated rings. The molecule has 4 heteroatoms. The van der Waals surface area contributed by atoms with E-state index < -0.39 is 11.6 Å². The van der Waals surface area contributed by atoms with Crippen molar-refractivity contribution in [2.45, 2.75) is 13.0 Å². The molecular formula is C10H9F2NO. The molecule has 0 bridgehead atoms. The summed E-state index contributed by atoms with van der Waals surface area (Å²) in [5, 5.41) is 8.37. The van der Waals surface area contributed by atoms with Crippen LogP contribution in [0.2, 0.25) is 0 Å². The van der Waals surface area contributed by atoms with E-state index in [4.69, 9.17) is 10.00 Å². The number of nitrogens with zero attached hydrogens (tertiary/aromatic N) is 1. The van der Waals surface area contributed by atoms with Crippen molar-refractivity contribution in [3.8, 4) is 6.07 Å². The van der Waals surface area contributed by atoms with Crippen LogP contribution in [0.1, 0.15) is 11.1 Å². The first kappa shape index (κ1) is 10.6. The Labute approximate surface area is 80.7 Å². The minimum absolute atomic E-state index is 0.0740. The second-order valence-electron chi connectivity index (χ2n) is 2.77. The molecule has 0 aliphatic carbocycles. The number of ether oxygens (including phenoxy) is 1. The Kier molecular flexibility index (Phi) is 3.55. The summed E-state index contributed by atoms with van der Waals surface area (Å²) in [5.41, 5.74) is 0.0706. The predicted octanol–water partition coefficient (Wildman–Crippen LogP) is 2.18. The van der Waals surface area contributed by atoms with Gasteiger partial charge in [-0.05, 0) is 6.07 Å². The van der Waals surface area contributed by atoms with Crippen molar-refractivity contribution in [1.82, 2.24) is 0 Å². The Morgan fingerprint density at radius 1 is 1.43 bits per heavy atom. The summed E-state index contributed by atoms with van der Waals surface area (Å²) in [4.78, 5) is 0. The van der Waals surface area contributed by atoms with Crippen LogP contribution in [0.15, 0.2) is 12.1 Å². The molecule has 0 saturated carbocycles. The van der Waals surface area contributed by atoms with Gasteiger partial charge in [-0.2, -0.15) is 5.26 Å². The molecule has 0 atom stereocenters. The van der Waals surface area contributed by atoms with E-state index in [0.717, 1.165) is 6.07 Å². The minimum atomic E-state index is -0.691. The highest BCUT2D eigenvalue weighted by atomic mass is 19.1. The number of halogens is 2. The second kappa shape index (κ2) is 4.68. The lowest BCUT2D eigenvalue weighted by Gasteiger charge is -2.06. The lowest BCUT2D eigenvalue weighted by atomic mass is 10.1. The summed E-state index contributed by atoms with van der Waals surface area (Å²) >= 11 is 0. The van der Waals surface area contributed by atoms with Gasteiger partial charge in [-0.1, -0.05) is 6.07 Å². The molecule has 0 saturated heterocycles. The van der Waals surface area contributed by atoms with Crippen molar-refractivity contribution in [3.05, 3.63) is 34.9 Å². The molecule has 14 heavy (non-hydrogen) atoms. The fraction of sp³-hybridized carbons (Fsp3) is 0.300. The summed E-state index contributed by atoms with van der Waals surface area (Å²) < 4.78 is 31.2. The van der Waals surface area contributed by atoms with Gasteiger partial charge in [-0.25, -0.2) is 8.78 Å². The van der Waals surface area contributed by atoms with E-state index in [1.807, 2.05) is 0 Å². The van der Waals surface area contributed by atoms with Crippen molar-refractivity contribution in [3.63, 3.8) is 0 Å². The first-order valence-corrected chi connectivity index (χ1v) is 4.02. The maximum atomic E-state index is 13.4. The molecule has 74 valence electrons. The zero-order valence-corrected chi connectivity index (χ0v) is 7.68. The third-order valence-electron chi connectivity index (χ3n) is 1.82. The predicted molar refractivity (Wildman–Crippen MR) is 46.4 cm³/mol. The fourth-order valence-electron chi connectivity index (χ4n) is 1.15. The van der Waals surface area contributed by atoms with Crippen LogP contribution in [0.3, 0.4) is 0 Å². The molecule has 0 unspecified atom stereocenters. The average molecular weight is 197 g/mol. The van der Waals surface area contributed by atoms with Gasteiger partial charge in [0, 0.05) is 18.2 Å². The highest BCUT2D eigenvalue weighted by Gasteiger charge is 2.12. The minimum Gasteiger partial charge on any atom is -0.380 e. The number of benzene rings is 1. The van der Waals surface area contributed by atoms with E-state index in [2.05, 4.69) is 0 Å². The lowest BCUT2D eigenvalue weighted by molar-refractivity contribution is 0.181. The summed E-state index contributed by atoms with van der Waals surface area (Å²) in [5.74, 6) is -1.38. The van der Waals surface area contributed by atoms with E-state index >= 15 is 0 Å². The van der Waals surface area contributed by atoms with E-state index in [9.17, 15) is 8.78 Å². The van der Waals surface area contributed by atoms with Crippen LogP contribution in [0.4, 0.5) is 8.78 Å². The second-order valence-corrected chi connectivity index (χ2v) is 2.77. The number of hydrogen-bond acceptors (Lipinski definition) is 2. The zero-order valence-electron chi connectivity index (χ0n) is 7.68. The smallest absolute Gasteiger partial charge is 0.135 e. The van der Waals surface area contributed by atoms with Gasteiger partial charge in [-0.15, -0.1) is 0 Å². The highest BCUT2D eigenvalue weighted by Crippen LogP contribution is 2.17. The molecule has 0 aromatic heterocycles. The van der Waals surface area contributed by atoms with Crippen LogP contribution in [-0.4, -0.2) is 7.11 Å². The molecule has 0 aliphatic rings. The Bertz CT molecular complexity index is 371. The normalized spacial score (nSPS) is 9.86. The van der Waals surface area contributed by atoms with Gasteiger partial charge in [0.1, 0.15) is 11.6 Å². The van der Waals surface area contributed by atoms with E-state index in [-0.39, 0.29) is 24.2 Å². The van der Waals surface area contributed by atoms with Gasteiger partial charge in [0.05, 0.1) is 19.1 Å². The first-order valence-electron chi connectivity index (χ1n) is 4.02. The molecule has 0 amide bonds. The van der Waals surface area contributed by atoms with E-state index in [0.29, 0.717) is 0 Å². The third kappa shape index (κ3) is 2.06. The molecule has 1 aromatic carbocycles. The number of rotatable bonds is 3. The van der Waals surface area contributed by atoms with Gasteiger partial charge in [-0.3, -0.25) is 0 Å². The number of nitriles is 1. The third-order valence-corrected chi connectivity index (χ3v) is 1.82. The van der Waals surface area contributed by atoms with Crippen molar-refractivity contribution < 1.29 is 13.5 Å². The quantitative estimate of drug-likeness (QED) is 0.744. The summed E-state index contributed by atoms with van der Waals surface area (Å²) in [6.07, 6.45) is -0.269. The van der Waals surface area contributed by atoms with Crippen LogP contribution >= 0.6 is 0 Å². The van der Waals surface area contributed by atoms with Gasteiger partial charge in [0.25, 0.3) is 0 Å². The Balaban J connectivity index is 3.13. The Morgan fingerprint density at radius 3 is 2.71 bits per heavy atom. The van der Waals surface area contributed by atoms with E-state index in [1.165, 1.54) is 13.2 Å². The monoisotopic (exact) mass is 197 g/mol. The number of hydrogen-bond donors (Lipinski definition) is 0. The topological polar surface area (TPSA) is 33.0 Å². The highest BCUT2D eigenvalue weighted by molar-refractivity contribution is 5.29. The fourth-order valence-corrected chi connectivity index (χ4v) is 1.15. The average Bonchev–Trinajstić information content (AvgIpc) is 2.17. The van der Waals surface area contributed by atoms with Crippen molar-refractivity contribution in [2.24, 2.45) is 0 Å². The number of methoxy groups -OCH3 is 1. The molecule has 1 aromatic rings. The van der Waals surface area contributed by atoms with E-state index in [1.54, 1.807) is 6.07 Å². The van der Waals surface area contributed by atoms with Crippen LogP contribution in [0.25, 0.3) is 0 Å². The molecule has 0 radical (unpaired) electrons. The van der Waals surface area contributed by atoms with Gasteiger partial charge in [0.2, 0.25) is 0 Å². The van der Waals surface area contributed by atoms with Gasteiger partial charge >= 0.3 is 0 Å². The maximum Gasteiger partial charge on any atom is 0.135 e. The maximum absolute atomic E-state index is 13.4. The molecular weight excluding hydrogens is 188 g/mol. The van der Waals surface area contributed by atoms with Crippen molar-refractivity contribution in [2.75, 3.05) is 7.11 Å². The standard InChI is InChI=1S/C10H9F2NO/c1-14-6-7-2-3-9(11)8(4-5-13)10(7)12/h2-3H,4,6H2,1H3. The van der Waals surface area contributed by atoms with Gasteiger partial charge in [0.15, 0.2) is 0 Å². The molecule has 0 heterocycles. The lowest BCUT2D eigenvalue weighted by Crippen LogP contribution is -2.01. The molecule has 0 N–H and O–H groups in total. The van der Waals surface area contributed by atoms with Crippen LogP contribution in [0, 0.1) is 23.0 Å². The van der Waals surface area contributed by atoms with Crippen molar-refractivity contribution >= 4 is 0 Å². The molecule has 2 nitrogen and oxygen atoms in total. The van der Waals surface area contributed by atoms with Crippen LogP contribution in [-0.2, 0) is 17.8 Å². The van der Waals surface area contributed by atoms with Crippen LogP contribution < -0.4 is 0 Å².